The van der Waals surface area contributed by atoms with Crippen molar-refractivity contribution in [3.8, 4) is 6.07 Å². The number of alkyl halides is 3. The number of benzene rings is 1. The van der Waals surface area contributed by atoms with Crippen LogP contribution in [-0.4, -0.2) is 18.5 Å². The molecule has 6 heteroatoms. The van der Waals surface area contributed by atoms with Gasteiger partial charge in [0.05, 0.1) is 17.2 Å². The molecule has 1 unspecified atom stereocenters. The molecule has 1 aliphatic heterocycles. The minimum absolute atomic E-state index is 0.0674. The highest BCUT2D eigenvalue weighted by atomic mass is 32.2. The smallest absolute Gasteiger partial charge is 0.377 e. The summed E-state index contributed by atoms with van der Waals surface area (Å²) >= 11 is 1.37. The number of ether oxygens (including phenoxy) is 1. The zero-order valence-electron chi connectivity index (χ0n) is 10.0. The summed E-state index contributed by atoms with van der Waals surface area (Å²) in [5, 5.41) is 8.94. The van der Waals surface area contributed by atoms with Crippen LogP contribution in [0.5, 0.6) is 0 Å². The first-order chi connectivity index (χ1) is 9.00. The van der Waals surface area contributed by atoms with Crippen molar-refractivity contribution in [2.45, 2.75) is 30.0 Å². The summed E-state index contributed by atoms with van der Waals surface area (Å²) in [6.45, 7) is 0.739. The Balaban J connectivity index is 2.10. The molecule has 0 aromatic heterocycles. The molecular formula is C13H12F3NOS. The molecule has 1 heterocycles. The van der Waals surface area contributed by atoms with Gasteiger partial charge in [-0.25, -0.2) is 0 Å². The maximum atomic E-state index is 12.5. The molecule has 0 saturated carbocycles. The van der Waals surface area contributed by atoms with Crippen molar-refractivity contribution in [3.05, 3.63) is 29.3 Å². The summed E-state index contributed by atoms with van der Waals surface area (Å²) in [7, 11) is 0. The maximum Gasteiger partial charge on any atom is 0.416 e. The van der Waals surface area contributed by atoms with Crippen LogP contribution in [0.1, 0.15) is 24.0 Å². The van der Waals surface area contributed by atoms with Gasteiger partial charge >= 0.3 is 6.18 Å². The molecule has 0 N–H and O–H groups in total. The van der Waals surface area contributed by atoms with Gasteiger partial charge in [-0.05, 0) is 31.0 Å². The number of thioether (sulfide) groups is 1. The van der Waals surface area contributed by atoms with E-state index in [-0.39, 0.29) is 11.7 Å². The fraction of sp³-hybridized carbons (Fsp3) is 0.462. The highest BCUT2D eigenvalue weighted by Crippen LogP contribution is 2.33. The number of hydrogen-bond acceptors (Lipinski definition) is 3. The van der Waals surface area contributed by atoms with E-state index in [9.17, 15) is 13.2 Å². The quantitative estimate of drug-likeness (QED) is 0.792. The van der Waals surface area contributed by atoms with E-state index >= 15 is 0 Å². The van der Waals surface area contributed by atoms with Crippen molar-refractivity contribution in [1.82, 2.24) is 0 Å². The van der Waals surface area contributed by atoms with E-state index in [1.54, 1.807) is 0 Å². The van der Waals surface area contributed by atoms with E-state index in [0.29, 0.717) is 10.6 Å². The van der Waals surface area contributed by atoms with Crippen molar-refractivity contribution in [3.63, 3.8) is 0 Å². The first-order valence-corrected chi connectivity index (χ1v) is 6.85. The van der Waals surface area contributed by atoms with E-state index in [0.717, 1.165) is 31.6 Å². The molecule has 0 radical (unpaired) electrons. The number of hydrogen-bond donors (Lipinski definition) is 0. The van der Waals surface area contributed by atoms with Crippen LogP contribution in [0.15, 0.2) is 23.1 Å². The van der Waals surface area contributed by atoms with Gasteiger partial charge in [0.25, 0.3) is 0 Å². The topological polar surface area (TPSA) is 33.0 Å². The highest BCUT2D eigenvalue weighted by Gasteiger charge is 2.31. The summed E-state index contributed by atoms with van der Waals surface area (Å²) in [5.74, 6) is 0.667. The van der Waals surface area contributed by atoms with Gasteiger partial charge in [0.15, 0.2) is 0 Å². The van der Waals surface area contributed by atoms with Gasteiger partial charge in [-0.3, -0.25) is 0 Å². The van der Waals surface area contributed by atoms with Crippen LogP contribution in [0.2, 0.25) is 0 Å². The summed E-state index contributed by atoms with van der Waals surface area (Å²) < 4.78 is 43.0. The average Bonchev–Trinajstić information content (AvgIpc) is 2.88. The van der Waals surface area contributed by atoms with E-state index in [1.165, 1.54) is 17.8 Å². The Morgan fingerprint density at radius 3 is 2.79 bits per heavy atom. The minimum atomic E-state index is -4.41. The number of halogens is 3. The molecule has 1 aromatic rings. The predicted molar refractivity (Wildman–Crippen MR) is 65.9 cm³/mol. The van der Waals surface area contributed by atoms with Crippen LogP contribution in [-0.2, 0) is 10.9 Å². The van der Waals surface area contributed by atoms with Crippen LogP contribution in [0.3, 0.4) is 0 Å². The molecule has 19 heavy (non-hydrogen) atoms. The molecule has 1 fully saturated rings. The third kappa shape index (κ3) is 3.64. The van der Waals surface area contributed by atoms with Crippen molar-refractivity contribution in [1.29, 1.82) is 5.26 Å². The Hall–Kier alpha value is -1.19. The van der Waals surface area contributed by atoms with Crippen LogP contribution < -0.4 is 0 Å². The second kappa shape index (κ2) is 5.85. The standard InChI is InChI=1S/C13H12F3NOS/c14-13(15,16)10-3-4-12(9(6-10)7-17)19-8-11-2-1-5-18-11/h3-4,6,11H,1-2,5,8H2. The molecule has 0 amide bonds. The zero-order valence-corrected chi connectivity index (χ0v) is 10.9. The predicted octanol–water partition coefficient (Wildman–Crippen LogP) is 3.85. The molecule has 0 aliphatic carbocycles. The SMILES string of the molecule is N#Cc1cc(C(F)(F)F)ccc1SCC1CCCO1. The molecule has 102 valence electrons. The van der Waals surface area contributed by atoms with Gasteiger partial charge in [-0.2, -0.15) is 18.4 Å². The molecule has 2 rings (SSSR count). The third-order valence-corrected chi connectivity index (χ3v) is 4.08. The van der Waals surface area contributed by atoms with E-state index < -0.39 is 11.7 Å². The lowest BCUT2D eigenvalue weighted by Crippen LogP contribution is -2.08. The summed E-state index contributed by atoms with van der Waals surface area (Å²) in [4.78, 5) is 0.575. The minimum Gasteiger partial charge on any atom is -0.377 e. The Morgan fingerprint density at radius 1 is 1.42 bits per heavy atom. The fourth-order valence-electron chi connectivity index (χ4n) is 1.88. The van der Waals surface area contributed by atoms with Crippen molar-refractivity contribution < 1.29 is 17.9 Å². The third-order valence-electron chi connectivity index (χ3n) is 2.88. The van der Waals surface area contributed by atoms with Crippen molar-refractivity contribution in [2.24, 2.45) is 0 Å². The first-order valence-electron chi connectivity index (χ1n) is 5.86. The maximum absolute atomic E-state index is 12.5. The van der Waals surface area contributed by atoms with Crippen LogP contribution in [0.4, 0.5) is 13.2 Å². The Bertz CT molecular complexity index is 490. The Labute approximate surface area is 113 Å². The monoisotopic (exact) mass is 287 g/mol. The van der Waals surface area contributed by atoms with Gasteiger partial charge in [-0.15, -0.1) is 11.8 Å². The zero-order chi connectivity index (χ0) is 13.9. The molecule has 1 aromatic carbocycles. The first kappa shape index (κ1) is 14.2. The van der Waals surface area contributed by atoms with Crippen LogP contribution in [0.25, 0.3) is 0 Å². The summed E-state index contributed by atoms with van der Waals surface area (Å²) in [6, 6.07) is 5.10. The Kier molecular flexibility index (Phi) is 4.38. The number of rotatable bonds is 3. The molecule has 0 bridgehead atoms. The number of nitrogens with zero attached hydrogens (tertiary/aromatic N) is 1. The molecule has 1 atom stereocenters. The lowest BCUT2D eigenvalue weighted by molar-refractivity contribution is -0.137. The largest absolute Gasteiger partial charge is 0.416 e. The second-order valence-corrected chi connectivity index (χ2v) is 5.33. The second-order valence-electron chi connectivity index (χ2n) is 4.27. The lowest BCUT2D eigenvalue weighted by Gasteiger charge is -2.11. The molecule has 1 saturated heterocycles. The fourth-order valence-corrected chi connectivity index (χ4v) is 2.93. The molecule has 0 spiro atoms. The van der Waals surface area contributed by atoms with Crippen LogP contribution in [0, 0.1) is 11.3 Å². The summed E-state index contributed by atoms with van der Waals surface area (Å²) in [5.41, 5.74) is -0.719. The van der Waals surface area contributed by atoms with E-state index in [2.05, 4.69) is 0 Å². The number of nitriles is 1. The van der Waals surface area contributed by atoms with Gasteiger partial charge < -0.3 is 4.74 Å². The summed E-state index contributed by atoms with van der Waals surface area (Å²) in [6.07, 6.45) is -2.29. The van der Waals surface area contributed by atoms with Crippen molar-refractivity contribution in [2.75, 3.05) is 12.4 Å². The normalized spacial score (nSPS) is 19.4. The molecular weight excluding hydrogens is 275 g/mol. The van der Waals surface area contributed by atoms with E-state index in [1.807, 2.05) is 6.07 Å². The van der Waals surface area contributed by atoms with Gasteiger partial charge in [0.2, 0.25) is 0 Å². The Morgan fingerprint density at radius 2 is 2.21 bits per heavy atom. The average molecular weight is 287 g/mol. The van der Waals surface area contributed by atoms with Crippen LogP contribution >= 0.6 is 11.8 Å². The van der Waals surface area contributed by atoms with Gasteiger partial charge in [0.1, 0.15) is 6.07 Å². The molecule has 2 nitrogen and oxygen atoms in total. The molecule has 1 aliphatic rings. The van der Waals surface area contributed by atoms with Crippen molar-refractivity contribution >= 4 is 11.8 Å². The van der Waals surface area contributed by atoms with Gasteiger partial charge in [0, 0.05) is 17.3 Å². The van der Waals surface area contributed by atoms with Gasteiger partial charge in [-0.1, -0.05) is 0 Å². The lowest BCUT2D eigenvalue weighted by atomic mass is 10.1. The van der Waals surface area contributed by atoms with E-state index in [4.69, 9.17) is 10.00 Å². The highest BCUT2D eigenvalue weighted by molar-refractivity contribution is 7.99.